The number of hydrogen-bond donors (Lipinski definition) is 0. The normalized spacial score (nSPS) is 20.8. The molecule has 0 radical (unpaired) electrons. The molecule has 1 aliphatic carbocycles. The van der Waals surface area contributed by atoms with E-state index < -0.39 is 39.7 Å². The fourth-order valence-electron chi connectivity index (χ4n) is 4.72. The first-order valence-electron chi connectivity index (χ1n) is 12.7. The number of halogens is 6. The Morgan fingerprint density at radius 3 is 2.28 bits per heavy atom. The molecule has 1 aliphatic heterocycles. The summed E-state index contributed by atoms with van der Waals surface area (Å²) in [6.07, 6.45) is -4.87. The van der Waals surface area contributed by atoms with Crippen molar-refractivity contribution in [3.63, 3.8) is 0 Å². The maximum atomic E-state index is 14.2. The van der Waals surface area contributed by atoms with Gasteiger partial charge in [0.25, 0.3) is 0 Å². The summed E-state index contributed by atoms with van der Waals surface area (Å²) < 4.78 is 96.2. The van der Waals surface area contributed by atoms with E-state index in [2.05, 4.69) is 6.92 Å². The molecule has 0 N–H and O–H groups in total. The largest absolute Gasteiger partial charge is 0.490 e. The number of carbonyl (C=O) groups excluding carboxylic acids is 1. The third-order valence-corrected chi connectivity index (χ3v) is 7.83. The van der Waals surface area contributed by atoms with Crippen molar-refractivity contribution in [1.29, 1.82) is 0 Å². The average Bonchev–Trinajstić information content (AvgIpc) is 2.88. The first-order valence-corrected chi connectivity index (χ1v) is 13.5. The van der Waals surface area contributed by atoms with E-state index in [1.54, 1.807) is 17.0 Å². The molecule has 212 valence electrons. The van der Waals surface area contributed by atoms with Gasteiger partial charge in [0.1, 0.15) is 5.75 Å². The summed E-state index contributed by atoms with van der Waals surface area (Å²) in [5.74, 6) is -0.0997. The van der Waals surface area contributed by atoms with Crippen LogP contribution in [0.25, 0.3) is 0 Å². The Labute approximate surface area is 227 Å². The van der Waals surface area contributed by atoms with E-state index in [9.17, 15) is 31.1 Å². The molecule has 1 saturated carbocycles. The number of morpholine rings is 1. The van der Waals surface area contributed by atoms with E-state index in [1.807, 2.05) is 0 Å². The summed E-state index contributed by atoms with van der Waals surface area (Å²) in [5.41, 5.74) is -4.91. The number of nitrogens with zero attached hydrogens (tertiary/aromatic N) is 1. The van der Waals surface area contributed by atoms with Gasteiger partial charge in [0.2, 0.25) is 0 Å². The third kappa shape index (κ3) is 7.72. The highest BCUT2D eigenvalue weighted by Gasteiger charge is 2.47. The molecule has 2 aromatic rings. The Balaban J connectivity index is 1.65. The van der Waals surface area contributed by atoms with Crippen molar-refractivity contribution in [1.82, 2.24) is 4.90 Å². The topological polar surface area (TPSA) is 38.8 Å². The van der Waals surface area contributed by atoms with Crippen molar-refractivity contribution in [2.45, 2.75) is 60.9 Å². The minimum Gasteiger partial charge on any atom is -0.490 e. The minimum absolute atomic E-state index is 0.0140. The lowest BCUT2D eigenvalue weighted by Gasteiger charge is -2.27. The van der Waals surface area contributed by atoms with Crippen molar-refractivity contribution >= 4 is 17.5 Å². The summed E-state index contributed by atoms with van der Waals surface area (Å²) in [5, 5.41) is 0. The second kappa shape index (κ2) is 12.2. The minimum atomic E-state index is -5.41. The van der Waals surface area contributed by atoms with E-state index >= 15 is 0 Å². The van der Waals surface area contributed by atoms with Crippen molar-refractivity contribution in [3.05, 3.63) is 65.4 Å². The van der Waals surface area contributed by atoms with Gasteiger partial charge in [-0.15, -0.1) is 0 Å². The predicted octanol–water partition coefficient (Wildman–Crippen LogP) is 7.86. The number of carbonyl (C=O) groups is 1. The van der Waals surface area contributed by atoms with Crippen LogP contribution in [0.15, 0.2) is 58.5 Å². The second-order valence-corrected chi connectivity index (χ2v) is 10.9. The Morgan fingerprint density at radius 1 is 0.974 bits per heavy atom. The van der Waals surface area contributed by atoms with Crippen LogP contribution in [0, 0.1) is 5.92 Å². The van der Waals surface area contributed by atoms with Gasteiger partial charge < -0.3 is 14.4 Å². The van der Waals surface area contributed by atoms with Gasteiger partial charge in [0.05, 0.1) is 30.4 Å². The van der Waals surface area contributed by atoms with Crippen LogP contribution in [0.5, 0.6) is 5.75 Å². The molecule has 1 heterocycles. The molecule has 0 amide bonds. The molecule has 0 bridgehead atoms. The maximum absolute atomic E-state index is 14.2. The lowest BCUT2D eigenvalue weighted by molar-refractivity contribution is -0.163. The van der Waals surface area contributed by atoms with Gasteiger partial charge in [-0.1, -0.05) is 24.8 Å². The summed E-state index contributed by atoms with van der Waals surface area (Å²) >= 11 is 0.553. The van der Waals surface area contributed by atoms with Crippen LogP contribution in [0.1, 0.15) is 54.1 Å². The molecular weight excluding hydrogens is 544 g/mol. The smallest absolute Gasteiger partial charge is 0.418 e. The molecule has 0 spiro atoms. The first kappa shape index (κ1) is 29.3. The lowest BCUT2D eigenvalue weighted by Crippen LogP contribution is -2.32. The van der Waals surface area contributed by atoms with Crippen molar-refractivity contribution in [2.75, 3.05) is 26.3 Å². The number of rotatable bonds is 7. The SMILES string of the molecule is C[C@H]1CC[C@@H](Oc2cccc(Sc3ccc(C(=O)C=CN4CCOCC4)c(C(F)(F)F)c3C(F)(F)F)c2)CC1. The summed E-state index contributed by atoms with van der Waals surface area (Å²) in [6, 6.07) is 8.05. The van der Waals surface area contributed by atoms with E-state index in [1.165, 1.54) is 18.3 Å². The highest BCUT2D eigenvalue weighted by molar-refractivity contribution is 7.99. The zero-order valence-electron chi connectivity index (χ0n) is 21.3. The third-order valence-electron chi connectivity index (χ3n) is 6.78. The van der Waals surface area contributed by atoms with Crippen molar-refractivity contribution in [2.24, 2.45) is 5.92 Å². The van der Waals surface area contributed by atoms with Gasteiger partial charge in [0, 0.05) is 40.7 Å². The van der Waals surface area contributed by atoms with E-state index in [0.717, 1.165) is 43.9 Å². The summed E-state index contributed by atoms with van der Waals surface area (Å²) in [4.78, 5) is 14.0. The molecule has 2 fully saturated rings. The predicted molar refractivity (Wildman–Crippen MR) is 135 cm³/mol. The fourth-order valence-corrected chi connectivity index (χ4v) is 5.75. The number of alkyl halides is 6. The van der Waals surface area contributed by atoms with Crippen LogP contribution in [-0.2, 0) is 17.1 Å². The van der Waals surface area contributed by atoms with Gasteiger partial charge in [-0.2, -0.15) is 26.3 Å². The average molecular weight is 574 g/mol. The molecular formula is C28H29F6NO3S. The molecule has 2 aliphatic rings. The van der Waals surface area contributed by atoms with E-state index in [4.69, 9.17) is 9.47 Å². The van der Waals surface area contributed by atoms with Crippen LogP contribution < -0.4 is 4.74 Å². The monoisotopic (exact) mass is 573 g/mol. The maximum Gasteiger partial charge on any atom is 0.418 e. The van der Waals surface area contributed by atoms with Crippen LogP contribution >= 0.6 is 11.8 Å². The number of ketones is 1. The highest BCUT2D eigenvalue weighted by atomic mass is 32.2. The Morgan fingerprint density at radius 2 is 1.64 bits per heavy atom. The fraction of sp³-hybridized carbons (Fsp3) is 0.464. The van der Waals surface area contributed by atoms with Gasteiger partial charge in [-0.3, -0.25) is 4.79 Å². The molecule has 2 aromatic carbocycles. The molecule has 1 saturated heterocycles. The first-order chi connectivity index (χ1) is 18.4. The Kier molecular flexibility index (Phi) is 9.21. The van der Waals surface area contributed by atoms with E-state index in [0.29, 0.717) is 54.6 Å². The van der Waals surface area contributed by atoms with Crippen LogP contribution in [0.3, 0.4) is 0 Å². The van der Waals surface area contributed by atoms with Gasteiger partial charge in [0.15, 0.2) is 5.78 Å². The zero-order chi connectivity index (χ0) is 28.2. The van der Waals surface area contributed by atoms with Crippen LogP contribution in [0.2, 0.25) is 0 Å². The lowest BCUT2D eigenvalue weighted by atomic mass is 9.89. The van der Waals surface area contributed by atoms with Crippen molar-refractivity contribution < 1.29 is 40.6 Å². The molecule has 4 nitrogen and oxygen atoms in total. The Hall–Kier alpha value is -2.66. The van der Waals surface area contributed by atoms with Gasteiger partial charge >= 0.3 is 12.4 Å². The van der Waals surface area contributed by atoms with E-state index in [-0.39, 0.29) is 6.10 Å². The molecule has 0 atom stereocenters. The molecule has 4 rings (SSSR count). The number of benzene rings is 2. The highest BCUT2D eigenvalue weighted by Crippen LogP contribution is 2.48. The number of allylic oxidation sites excluding steroid dienone is 1. The number of hydrogen-bond acceptors (Lipinski definition) is 5. The van der Waals surface area contributed by atoms with Crippen LogP contribution in [0.4, 0.5) is 26.3 Å². The standard InChI is InChI=1S/C28H29F6NO3S/c1-18-5-7-19(8-6-18)38-20-3-2-4-21(17-20)39-24-10-9-22(23(36)11-12-35-13-15-37-16-14-35)25(27(29,30)31)26(24)28(32,33)34/h2-4,9-12,17-19H,5-8,13-16H2,1H3/t18-,19+. The van der Waals surface area contributed by atoms with Gasteiger partial charge in [-0.25, -0.2) is 0 Å². The second-order valence-electron chi connectivity index (χ2n) is 9.76. The summed E-state index contributed by atoms with van der Waals surface area (Å²) in [6.45, 7) is 3.76. The Bertz CT molecular complexity index is 1180. The number of ether oxygens (including phenoxy) is 2. The quantitative estimate of drug-likeness (QED) is 0.192. The zero-order valence-corrected chi connectivity index (χ0v) is 22.1. The van der Waals surface area contributed by atoms with Gasteiger partial charge in [-0.05, 0) is 61.9 Å². The molecule has 0 unspecified atom stereocenters. The molecule has 0 aromatic heterocycles. The molecule has 39 heavy (non-hydrogen) atoms. The molecule has 11 heteroatoms. The van der Waals surface area contributed by atoms with Crippen molar-refractivity contribution in [3.8, 4) is 5.75 Å². The van der Waals surface area contributed by atoms with Crippen LogP contribution in [-0.4, -0.2) is 43.1 Å². The summed E-state index contributed by atoms with van der Waals surface area (Å²) in [7, 11) is 0.